The number of thioether (sulfide) groups is 1. The normalized spacial score (nSPS) is 37.6. The van der Waals surface area contributed by atoms with Crippen LogP contribution >= 0.6 is 11.8 Å². The summed E-state index contributed by atoms with van der Waals surface area (Å²) in [6.07, 6.45) is 2.47. The molecule has 0 unspecified atom stereocenters. The summed E-state index contributed by atoms with van der Waals surface area (Å²) in [5.41, 5.74) is 0. The fourth-order valence-corrected chi connectivity index (χ4v) is 4.92. The van der Waals surface area contributed by atoms with Crippen LogP contribution in [0.1, 0.15) is 37.2 Å². The Hall–Kier alpha value is -0.450. The van der Waals surface area contributed by atoms with Crippen LogP contribution in [-0.2, 0) is 11.3 Å². The second kappa shape index (κ2) is 5.39. The average molecular weight is 293 g/mol. The Morgan fingerprint density at radius 1 is 1.40 bits per heavy atom. The summed E-state index contributed by atoms with van der Waals surface area (Å²) in [6, 6.07) is 5.07. The predicted molar refractivity (Wildman–Crippen MR) is 81.1 cm³/mol. The maximum atomic E-state index is 6.08. The topological polar surface area (TPSA) is 25.6 Å². The van der Waals surface area contributed by atoms with Crippen LogP contribution in [0.2, 0.25) is 0 Å². The zero-order valence-electron chi connectivity index (χ0n) is 12.1. The van der Waals surface area contributed by atoms with Gasteiger partial charge in [-0.25, -0.2) is 0 Å². The van der Waals surface area contributed by atoms with Crippen molar-refractivity contribution < 1.29 is 9.15 Å². The second-order valence-corrected chi connectivity index (χ2v) is 7.78. The Bertz CT molecular complexity index is 473. The van der Waals surface area contributed by atoms with Crippen molar-refractivity contribution in [1.82, 2.24) is 4.90 Å². The first kappa shape index (κ1) is 13.2. The molecule has 2 saturated heterocycles. The molecule has 0 bridgehead atoms. The summed E-state index contributed by atoms with van der Waals surface area (Å²) >= 11 is 2.08. The summed E-state index contributed by atoms with van der Waals surface area (Å²) < 4.78 is 11.7. The van der Waals surface area contributed by atoms with Gasteiger partial charge in [0.05, 0.1) is 13.2 Å². The van der Waals surface area contributed by atoms with E-state index in [9.17, 15) is 0 Å². The molecule has 0 amide bonds. The first-order chi connectivity index (χ1) is 9.81. The van der Waals surface area contributed by atoms with E-state index < -0.39 is 0 Å². The molecule has 0 aromatic carbocycles. The smallest absolute Gasteiger partial charge is 0.118 e. The van der Waals surface area contributed by atoms with Gasteiger partial charge in [0, 0.05) is 36.1 Å². The molecule has 3 fully saturated rings. The minimum absolute atomic E-state index is 0.662. The fourth-order valence-electron chi connectivity index (χ4n) is 3.56. The zero-order chi connectivity index (χ0) is 13.5. The molecule has 4 rings (SSSR count). The minimum atomic E-state index is 0.662. The van der Waals surface area contributed by atoms with E-state index in [1.54, 1.807) is 0 Å². The summed E-state index contributed by atoms with van der Waals surface area (Å²) in [5, 5.41) is 0.662. The van der Waals surface area contributed by atoms with Crippen molar-refractivity contribution in [3.8, 4) is 0 Å². The molecule has 0 spiro atoms. The number of nitrogens with zero attached hydrogens (tertiary/aromatic N) is 1. The van der Waals surface area contributed by atoms with E-state index in [0.29, 0.717) is 17.2 Å². The Labute approximate surface area is 125 Å². The van der Waals surface area contributed by atoms with E-state index in [1.165, 1.54) is 30.9 Å². The second-order valence-electron chi connectivity index (χ2n) is 6.43. The molecule has 1 aromatic rings. The van der Waals surface area contributed by atoms with E-state index >= 15 is 0 Å². The minimum Gasteiger partial charge on any atom is -0.464 e. The molecule has 1 saturated carbocycles. The van der Waals surface area contributed by atoms with Gasteiger partial charge in [0.25, 0.3) is 0 Å². The maximum Gasteiger partial charge on any atom is 0.118 e. The van der Waals surface area contributed by atoms with Crippen molar-refractivity contribution in [2.75, 3.05) is 25.5 Å². The molecule has 1 aliphatic carbocycles. The monoisotopic (exact) mass is 293 g/mol. The van der Waals surface area contributed by atoms with Crippen LogP contribution in [-0.4, -0.2) is 41.7 Å². The van der Waals surface area contributed by atoms with E-state index in [0.717, 1.165) is 31.4 Å². The number of furan rings is 1. The molecular formula is C16H23NO2S. The molecule has 4 heteroatoms. The highest BCUT2D eigenvalue weighted by molar-refractivity contribution is 8.00. The first-order valence-electron chi connectivity index (χ1n) is 7.83. The number of hydrogen-bond acceptors (Lipinski definition) is 4. The number of rotatable bonds is 3. The molecule has 110 valence electrons. The summed E-state index contributed by atoms with van der Waals surface area (Å²) in [6.45, 7) is 6.31. The maximum absolute atomic E-state index is 6.08. The van der Waals surface area contributed by atoms with Gasteiger partial charge in [-0.2, -0.15) is 11.8 Å². The van der Waals surface area contributed by atoms with Gasteiger partial charge in [0.2, 0.25) is 0 Å². The van der Waals surface area contributed by atoms with Crippen molar-refractivity contribution in [2.24, 2.45) is 5.92 Å². The summed E-state index contributed by atoms with van der Waals surface area (Å²) in [4.78, 5) is 2.61. The van der Waals surface area contributed by atoms with Crippen molar-refractivity contribution >= 4 is 11.8 Å². The molecule has 3 aliphatic rings. The van der Waals surface area contributed by atoms with Crippen molar-refractivity contribution in [3.63, 3.8) is 0 Å². The molecule has 0 N–H and O–H groups in total. The molecule has 3 heterocycles. The zero-order valence-corrected chi connectivity index (χ0v) is 12.9. The van der Waals surface area contributed by atoms with Crippen molar-refractivity contribution in [3.05, 3.63) is 23.7 Å². The number of hydrogen-bond donors (Lipinski definition) is 0. The van der Waals surface area contributed by atoms with Crippen LogP contribution < -0.4 is 0 Å². The highest BCUT2D eigenvalue weighted by Crippen LogP contribution is 2.47. The van der Waals surface area contributed by atoms with Crippen LogP contribution in [0, 0.1) is 5.92 Å². The van der Waals surface area contributed by atoms with Gasteiger partial charge < -0.3 is 9.15 Å². The number of fused-ring (bicyclic) bond motifs is 1. The van der Waals surface area contributed by atoms with E-state index in [-0.39, 0.29) is 0 Å². The predicted octanol–water partition coefficient (Wildman–Crippen LogP) is 3.11. The Kier molecular flexibility index (Phi) is 3.57. The van der Waals surface area contributed by atoms with Gasteiger partial charge in [-0.1, -0.05) is 6.92 Å². The van der Waals surface area contributed by atoms with Crippen molar-refractivity contribution in [2.45, 2.75) is 43.5 Å². The van der Waals surface area contributed by atoms with Gasteiger partial charge in [0.1, 0.15) is 11.5 Å². The quantitative estimate of drug-likeness (QED) is 0.855. The molecule has 20 heavy (non-hydrogen) atoms. The molecule has 1 aromatic heterocycles. The van der Waals surface area contributed by atoms with Crippen molar-refractivity contribution in [1.29, 1.82) is 0 Å². The lowest BCUT2D eigenvalue weighted by molar-refractivity contribution is 0.0327. The first-order valence-corrected chi connectivity index (χ1v) is 8.88. The highest BCUT2D eigenvalue weighted by Gasteiger charge is 2.37. The summed E-state index contributed by atoms with van der Waals surface area (Å²) in [5.74, 6) is 5.09. The van der Waals surface area contributed by atoms with Gasteiger partial charge in [-0.05, 0) is 30.9 Å². The standard InChI is InChI=1S/C16H23NO2S/c1-11-8-13(11)15-3-2-12(19-15)9-17-5-7-20-16-10-18-6-4-14(16)17/h2-3,11,13-14,16H,4-10H2,1H3/t11-,13+,14-,16-/m1/s1. The lowest BCUT2D eigenvalue weighted by Crippen LogP contribution is -2.51. The molecule has 3 nitrogen and oxygen atoms in total. The number of ether oxygens (including phenoxy) is 1. The fraction of sp³-hybridized carbons (Fsp3) is 0.750. The lowest BCUT2D eigenvalue weighted by atomic mass is 10.1. The van der Waals surface area contributed by atoms with Crippen LogP contribution in [0.25, 0.3) is 0 Å². The molecule has 4 atom stereocenters. The third-order valence-electron chi connectivity index (χ3n) is 4.96. The van der Waals surface area contributed by atoms with Gasteiger partial charge in [-0.3, -0.25) is 4.90 Å². The Morgan fingerprint density at radius 2 is 2.30 bits per heavy atom. The average Bonchev–Trinajstić information content (AvgIpc) is 3.02. The van der Waals surface area contributed by atoms with Crippen LogP contribution in [0.3, 0.4) is 0 Å². The SMILES string of the molecule is C[C@@H]1C[C@@H]1c1ccc(CN2CCS[C@@H]3COCC[C@H]32)o1. The van der Waals surface area contributed by atoms with Gasteiger partial charge >= 0.3 is 0 Å². The van der Waals surface area contributed by atoms with Crippen LogP contribution in [0.4, 0.5) is 0 Å². The highest BCUT2D eigenvalue weighted by atomic mass is 32.2. The molecule has 0 radical (unpaired) electrons. The largest absolute Gasteiger partial charge is 0.464 e. The van der Waals surface area contributed by atoms with Gasteiger partial charge in [-0.15, -0.1) is 0 Å². The van der Waals surface area contributed by atoms with Gasteiger partial charge in [0.15, 0.2) is 0 Å². The third kappa shape index (κ3) is 2.53. The van der Waals surface area contributed by atoms with Crippen LogP contribution in [0.5, 0.6) is 0 Å². The van der Waals surface area contributed by atoms with Crippen LogP contribution in [0.15, 0.2) is 16.5 Å². The Balaban J connectivity index is 1.43. The van der Waals surface area contributed by atoms with E-state index in [4.69, 9.17) is 9.15 Å². The molecule has 2 aliphatic heterocycles. The van der Waals surface area contributed by atoms with E-state index in [1.807, 2.05) is 0 Å². The van der Waals surface area contributed by atoms with E-state index in [2.05, 4.69) is 35.7 Å². The summed E-state index contributed by atoms with van der Waals surface area (Å²) in [7, 11) is 0. The lowest BCUT2D eigenvalue weighted by Gasteiger charge is -2.43. The Morgan fingerprint density at radius 3 is 3.15 bits per heavy atom. The molecular weight excluding hydrogens is 270 g/mol. The third-order valence-corrected chi connectivity index (χ3v) is 6.26.